The highest BCUT2D eigenvalue weighted by molar-refractivity contribution is 5.99. The molecule has 0 atom stereocenters. The van der Waals surface area contributed by atoms with Crippen molar-refractivity contribution in [2.24, 2.45) is 0 Å². The highest BCUT2D eigenvalue weighted by Crippen LogP contribution is 2.28. The van der Waals surface area contributed by atoms with Gasteiger partial charge in [-0.3, -0.25) is 4.98 Å². The van der Waals surface area contributed by atoms with Crippen molar-refractivity contribution in [3.05, 3.63) is 41.6 Å². The molecule has 1 aromatic heterocycles. The van der Waals surface area contributed by atoms with E-state index in [1.807, 2.05) is 0 Å². The SMILES string of the molecule is [C-]#[N+]c1cnc(N)c2ccc(F)cc12. The molecular weight excluding hydrogens is 181 g/mol. The monoisotopic (exact) mass is 187 g/mol. The number of rotatable bonds is 0. The first-order valence-electron chi connectivity index (χ1n) is 3.93. The maximum atomic E-state index is 12.9. The molecule has 1 heterocycles. The molecule has 0 saturated heterocycles. The lowest BCUT2D eigenvalue weighted by Crippen LogP contribution is -1.91. The molecule has 2 rings (SSSR count). The molecule has 68 valence electrons. The van der Waals surface area contributed by atoms with Crippen LogP contribution >= 0.6 is 0 Å². The first-order valence-corrected chi connectivity index (χ1v) is 3.93. The minimum absolute atomic E-state index is 0.312. The molecule has 1 aromatic carbocycles. The third kappa shape index (κ3) is 1.15. The van der Waals surface area contributed by atoms with Crippen LogP contribution in [0.5, 0.6) is 0 Å². The Morgan fingerprint density at radius 3 is 2.86 bits per heavy atom. The highest BCUT2D eigenvalue weighted by Gasteiger charge is 2.05. The van der Waals surface area contributed by atoms with Gasteiger partial charge in [-0.25, -0.2) is 9.24 Å². The second-order valence-corrected chi connectivity index (χ2v) is 2.83. The van der Waals surface area contributed by atoms with Gasteiger partial charge in [-0.2, -0.15) is 0 Å². The van der Waals surface area contributed by atoms with Crippen molar-refractivity contribution >= 4 is 22.3 Å². The lowest BCUT2D eigenvalue weighted by molar-refractivity contribution is 0.630. The normalized spacial score (nSPS) is 10.0. The maximum absolute atomic E-state index is 12.9. The Morgan fingerprint density at radius 1 is 1.36 bits per heavy atom. The minimum atomic E-state index is -0.381. The number of anilines is 1. The highest BCUT2D eigenvalue weighted by atomic mass is 19.1. The number of hydrogen-bond acceptors (Lipinski definition) is 2. The summed E-state index contributed by atoms with van der Waals surface area (Å²) < 4.78 is 12.9. The van der Waals surface area contributed by atoms with Gasteiger partial charge < -0.3 is 5.73 Å². The summed E-state index contributed by atoms with van der Waals surface area (Å²) in [4.78, 5) is 7.10. The van der Waals surface area contributed by atoms with Crippen molar-refractivity contribution in [2.75, 3.05) is 5.73 Å². The molecule has 0 spiro atoms. The van der Waals surface area contributed by atoms with Gasteiger partial charge in [0.05, 0.1) is 6.57 Å². The first-order chi connectivity index (χ1) is 6.72. The smallest absolute Gasteiger partial charge is 0.213 e. The molecular formula is C10H6FN3. The van der Waals surface area contributed by atoms with Crippen molar-refractivity contribution in [1.29, 1.82) is 0 Å². The second-order valence-electron chi connectivity index (χ2n) is 2.83. The molecule has 0 aliphatic carbocycles. The molecule has 2 aromatic rings. The van der Waals surface area contributed by atoms with Crippen LogP contribution in [0.3, 0.4) is 0 Å². The van der Waals surface area contributed by atoms with E-state index in [0.29, 0.717) is 22.3 Å². The van der Waals surface area contributed by atoms with E-state index in [2.05, 4.69) is 9.83 Å². The van der Waals surface area contributed by atoms with Gasteiger partial charge in [-0.05, 0) is 23.6 Å². The lowest BCUT2D eigenvalue weighted by atomic mass is 10.1. The Labute approximate surface area is 79.8 Å². The zero-order valence-corrected chi connectivity index (χ0v) is 7.16. The number of fused-ring (bicyclic) bond motifs is 1. The van der Waals surface area contributed by atoms with E-state index >= 15 is 0 Å². The number of nitrogens with zero attached hydrogens (tertiary/aromatic N) is 2. The van der Waals surface area contributed by atoms with Gasteiger partial charge in [-0.1, -0.05) is 0 Å². The lowest BCUT2D eigenvalue weighted by Gasteiger charge is -2.02. The van der Waals surface area contributed by atoms with E-state index in [1.54, 1.807) is 0 Å². The quantitative estimate of drug-likeness (QED) is 0.644. The van der Waals surface area contributed by atoms with Gasteiger partial charge in [0.1, 0.15) is 11.6 Å². The van der Waals surface area contributed by atoms with Gasteiger partial charge >= 0.3 is 0 Å². The van der Waals surface area contributed by atoms with Crippen molar-refractivity contribution in [1.82, 2.24) is 4.98 Å². The van der Waals surface area contributed by atoms with Gasteiger partial charge in [0, 0.05) is 11.6 Å². The zero-order chi connectivity index (χ0) is 10.1. The van der Waals surface area contributed by atoms with Crippen LogP contribution in [0.4, 0.5) is 15.9 Å². The molecule has 0 aliphatic heterocycles. The van der Waals surface area contributed by atoms with E-state index in [9.17, 15) is 4.39 Å². The number of hydrogen-bond donors (Lipinski definition) is 1. The van der Waals surface area contributed by atoms with Crippen LogP contribution in [-0.2, 0) is 0 Å². The number of aromatic nitrogens is 1. The summed E-state index contributed by atoms with van der Waals surface area (Å²) in [6, 6.07) is 4.12. The number of pyridine rings is 1. The maximum Gasteiger partial charge on any atom is 0.213 e. The molecule has 0 fully saturated rings. The van der Waals surface area contributed by atoms with Crippen molar-refractivity contribution in [3.8, 4) is 0 Å². The predicted octanol–water partition coefficient (Wildman–Crippen LogP) is 2.51. The summed E-state index contributed by atoms with van der Waals surface area (Å²) in [6.07, 6.45) is 1.35. The third-order valence-corrected chi connectivity index (χ3v) is 1.98. The number of halogens is 1. The molecule has 0 amide bonds. The number of nitrogens with two attached hydrogens (primary N) is 1. The fourth-order valence-electron chi connectivity index (χ4n) is 1.31. The van der Waals surface area contributed by atoms with Crippen LogP contribution < -0.4 is 5.73 Å². The molecule has 4 heteroatoms. The topological polar surface area (TPSA) is 43.3 Å². The van der Waals surface area contributed by atoms with Crippen LogP contribution in [0.2, 0.25) is 0 Å². The molecule has 0 radical (unpaired) electrons. The largest absolute Gasteiger partial charge is 0.383 e. The summed E-state index contributed by atoms with van der Waals surface area (Å²) in [5.74, 6) is -0.0691. The summed E-state index contributed by atoms with van der Waals surface area (Å²) >= 11 is 0. The van der Waals surface area contributed by atoms with Crippen LogP contribution in [0, 0.1) is 12.4 Å². The first kappa shape index (κ1) is 8.45. The summed E-state index contributed by atoms with van der Waals surface area (Å²) in [6.45, 7) is 6.89. The van der Waals surface area contributed by atoms with Gasteiger partial charge in [0.15, 0.2) is 0 Å². The summed E-state index contributed by atoms with van der Waals surface area (Å²) in [5, 5.41) is 1.12. The predicted molar refractivity (Wildman–Crippen MR) is 52.4 cm³/mol. The Balaban J connectivity index is 2.94. The third-order valence-electron chi connectivity index (χ3n) is 1.98. The van der Waals surface area contributed by atoms with E-state index in [-0.39, 0.29) is 5.82 Å². The standard InChI is InChI=1S/C10H6FN3/c1-13-9-5-14-10(12)7-3-2-6(11)4-8(7)9/h2-5H,(H2,12,14). The molecule has 2 N–H and O–H groups in total. The van der Waals surface area contributed by atoms with Crippen LogP contribution in [0.1, 0.15) is 0 Å². The van der Waals surface area contributed by atoms with Crippen LogP contribution in [0.25, 0.3) is 15.6 Å². The second kappa shape index (κ2) is 2.96. The van der Waals surface area contributed by atoms with E-state index < -0.39 is 0 Å². The Morgan fingerprint density at radius 2 is 2.14 bits per heavy atom. The average molecular weight is 187 g/mol. The summed E-state index contributed by atoms with van der Waals surface area (Å²) in [5.41, 5.74) is 5.91. The van der Waals surface area contributed by atoms with E-state index in [1.165, 1.54) is 24.4 Å². The number of nitrogen functional groups attached to an aromatic ring is 1. The molecule has 3 nitrogen and oxygen atoms in total. The van der Waals surface area contributed by atoms with Gasteiger partial charge in [0.2, 0.25) is 5.69 Å². The number of benzene rings is 1. The van der Waals surface area contributed by atoms with Crippen molar-refractivity contribution in [3.63, 3.8) is 0 Å². The van der Waals surface area contributed by atoms with Gasteiger partial charge in [-0.15, -0.1) is 0 Å². The molecule has 0 unspecified atom stereocenters. The Bertz CT molecular complexity index is 543. The fraction of sp³-hybridized carbons (Fsp3) is 0. The fourth-order valence-corrected chi connectivity index (χ4v) is 1.31. The van der Waals surface area contributed by atoms with Crippen LogP contribution in [0.15, 0.2) is 24.4 Å². The Hall–Kier alpha value is -2.15. The van der Waals surface area contributed by atoms with Gasteiger partial charge in [0.25, 0.3) is 0 Å². The van der Waals surface area contributed by atoms with Crippen LogP contribution in [-0.4, -0.2) is 4.98 Å². The van der Waals surface area contributed by atoms with E-state index in [0.717, 1.165) is 0 Å². The zero-order valence-electron chi connectivity index (χ0n) is 7.16. The molecule has 0 aliphatic rings. The average Bonchev–Trinajstić information content (AvgIpc) is 2.18. The molecule has 0 bridgehead atoms. The van der Waals surface area contributed by atoms with Crippen molar-refractivity contribution < 1.29 is 4.39 Å². The molecule has 14 heavy (non-hydrogen) atoms. The Kier molecular flexibility index (Phi) is 1.79. The van der Waals surface area contributed by atoms with Crippen molar-refractivity contribution in [2.45, 2.75) is 0 Å². The molecule has 0 saturated carbocycles. The van der Waals surface area contributed by atoms with E-state index in [4.69, 9.17) is 12.3 Å². The summed E-state index contributed by atoms with van der Waals surface area (Å²) in [7, 11) is 0. The minimum Gasteiger partial charge on any atom is -0.383 e.